The molecule has 2 aliphatic rings. The molecule has 1 unspecified atom stereocenters. The number of nitrogens with zero attached hydrogens (tertiary/aromatic N) is 2. The van der Waals surface area contributed by atoms with Crippen LogP contribution in [0.2, 0.25) is 0 Å². The van der Waals surface area contributed by atoms with Gasteiger partial charge in [0.25, 0.3) is 0 Å². The van der Waals surface area contributed by atoms with Gasteiger partial charge in [0.15, 0.2) is 5.96 Å². The average molecular weight is 369 g/mol. The molecule has 150 valence electrons. The molecule has 1 atom stereocenters. The number of rotatable bonds is 9. The second-order valence-electron chi connectivity index (χ2n) is 7.24. The highest BCUT2D eigenvalue weighted by Crippen LogP contribution is 2.18. The fourth-order valence-electron chi connectivity index (χ4n) is 3.65. The SMILES string of the molecule is CCNC(=NCC(=O)NC1CCCCC1)N1CCC(COCCOC)C1. The number of amides is 1. The Morgan fingerprint density at radius 1 is 1.19 bits per heavy atom. The molecule has 0 aromatic carbocycles. The van der Waals surface area contributed by atoms with Crippen LogP contribution < -0.4 is 10.6 Å². The first-order valence-electron chi connectivity index (χ1n) is 10.1. The Bertz CT molecular complexity index is 439. The van der Waals surface area contributed by atoms with E-state index >= 15 is 0 Å². The highest BCUT2D eigenvalue weighted by molar-refractivity contribution is 5.85. The molecule has 2 fully saturated rings. The van der Waals surface area contributed by atoms with Crippen LogP contribution in [0.1, 0.15) is 45.4 Å². The largest absolute Gasteiger partial charge is 0.382 e. The monoisotopic (exact) mass is 368 g/mol. The van der Waals surface area contributed by atoms with Crippen molar-refractivity contribution in [3.8, 4) is 0 Å². The number of methoxy groups -OCH3 is 1. The minimum Gasteiger partial charge on any atom is -0.382 e. The molecule has 1 heterocycles. The van der Waals surface area contributed by atoms with E-state index in [1.165, 1.54) is 19.3 Å². The molecule has 2 N–H and O–H groups in total. The zero-order valence-electron chi connectivity index (χ0n) is 16.5. The standard InChI is InChI=1S/C19H36N4O3/c1-3-20-19(21-13-18(24)22-17-7-5-4-6-8-17)23-10-9-16(14-23)15-26-12-11-25-2/h16-17H,3-15H2,1-2H3,(H,20,21)(H,22,24). The molecule has 0 aromatic heterocycles. The van der Waals surface area contributed by atoms with Crippen LogP contribution in [0.15, 0.2) is 4.99 Å². The summed E-state index contributed by atoms with van der Waals surface area (Å²) in [5, 5.41) is 6.45. The van der Waals surface area contributed by atoms with Gasteiger partial charge in [0.1, 0.15) is 6.54 Å². The smallest absolute Gasteiger partial charge is 0.242 e. The van der Waals surface area contributed by atoms with Crippen molar-refractivity contribution in [2.75, 3.05) is 53.1 Å². The molecule has 0 spiro atoms. The maximum atomic E-state index is 12.2. The third kappa shape index (κ3) is 7.50. The number of carbonyl (C=O) groups is 1. The molecule has 1 aliphatic heterocycles. The number of likely N-dealkylation sites (tertiary alicyclic amines) is 1. The highest BCUT2D eigenvalue weighted by Gasteiger charge is 2.25. The molecule has 7 nitrogen and oxygen atoms in total. The van der Waals surface area contributed by atoms with Crippen molar-refractivity contribution in [1.29, 1.82) is 0 Å². The molecule has 1 amide bonds. The van der Waals surface area contributed by atoms with Gasteiger partial charge in [-0.05, 0) is 26.2 Å². The lowest BCUT2D eigenvalue weighted by Gasteiger charge is -2.23. The molecule has 0 radical (unpaired) electrons. The Kier molecular flexibility index (Phi) is 9.77. The lowest BCUT2D eigenvalue weighted by molar-refractivity contribution is -0.120. The summed E-state index contributed by atoms with van der Waals surface area (Å²) in [6.07, 6.45) is 7.03. The van der Waals surface area contributed by atoms with Crippen LogP contribution in [-0.4, -0.2) is 75.9 Å². The van der Waals surface area contributed by atoms with E-state index in [1.54, 1.807) is 7.11 Å². The number of ether oxygens (including phenoxy) is 2. The number of hydrogen-bond donors (Lipinski definition) is 2. The van der Waals surface area contributed by atoms with Gasteiger partial charge in [0, 0.05) is 38.7 Å². The number of hydrogen-bond acceptors (Lipinski definition) is 4. The summed E-state index contributed by atoms with van der Waals surface area (Å²) in [5.41, 5.74) is 0. The highest BCUT2D eigenvalue weighted by atomic mass is 16.5. The molecule has 0 bridgehead atoms. The Hall–Kier alpha value is -1.34. The van der Waals surface area contributed by atoms with Gasteiger partial charge in [-0.25, -0.2) is 4.99 Å². The minimum absolute atomic E-state index is 0.0333. The fourth-order valence-corrected chi connectivity index (χ4v) is 3.65. The summed E-state index contributed by atoms with van der Waals surface area (Å²) in [4.78, 5) is 19.0. The van der Waals surface area contributed by atoms with Gasteiger partial charge in [0.2, 0.25) is 5.91 Å². The normalized spacial score (nSPS) is 21.8. The maximum absolute atomic E-state index is 12.2. The van der Waals surface area contributed by atoms with Crippen molar-refractivity contribution >= 4 is 11.9 Å². The Balaban J connectivity index is 1.75. The Morgan fingerprint density at radius 2 is 2.00 bits per heavy atom. The van der Waals surface area contributed by atoms with E-state index in [0.29, 0.717) is 25.2 Å². The first-order chi connectivity index (χ1) is 12.7. The number of aliphatic imine (C=N–C) groups is 1. The van der Waals surface area contributed by atoms with Crippen LogP contribution in [0.3, 0.4) is 0 Å². The van der Waals surface area contributed by atoms with Crippen LogP contribution in [0.25, 0.3) is 0 Å². The van der Waals surface area contributed by atoms with Crippen molar-refractivity contribution in [2.24, 2.45) is 10.9 Å². The van der Waals surface area contributed by atoms with Crippen LogP contribution in [0, 0.1) is 5.92 Å². The first kappa shape index (κ1) is 21.0. The molecule has 2 rings (SSSR count). The molecular formula is C19H36N4O3. The van der Waals surface area contributed by atoms with E-state index in [1.807, 2.05) is 0 Å². The fraction of sp³-hybridized carbons (Fsp3) is 0.895. The Morgan fingerprint density at radius 3 is 2.73 bits per heavy atom. The first-order valence-corrected chi connectivity index (χ1v) is 10.1. The Labute approximate surface area is 157 Å². The molecule has 1 aliphatic carbocycles. The van der Waals surface area contributed by atoms with Crippen LogP contribution in [0.4, 0.5) is 0 Å². The zero-order chi connectivity index (χ0) is 18.6. The lowest BCUT2D eigenvalue weighted by atomic mass is 9.95. The molecule has 7 heteroatoms. The predicted molar refractivity (Wildman–Crippen MR) is 103 cm³/mol. The van der Waals surface area contributed by atoms with Crippen molar-refractivity contribution in [3.63, 3.8) is 0 Å². The summed E-state index contributed by atoms with van der Waals surface area (Å²) in [6, 6.07) is 0.342. The molecule has 0 aromatic rings. The van der Waals surface area contributed by atoms with Gasteiger partial charge in [-0.1, -0.05) is 19.3 Å². The molecular weight excluding hydrogens is 332 g/mol. The summed E-state index contributed by atoms with van der Waals surface area (Å²) >= 11 is 0. The second-order valence-corrected chi connectivity index (χ2v) is 7.24. The van der Waals surface area contributed by atoms with Crippen molar-refractivity contribution < 1.29 is 14.3 Å². The third-order valence-electron chi connectivity index (χ3n) is 5.05. The van der Waals surface area contributed by atoms with Gasteiger partial charge in [-0.15, -0.1) is 0 Å². The number of carbonyl (C=O) groups excluding carboxylic acids is 1. The van der Waals surface area contributed by atoms with E-state index < -0.39 is 0 Å². The van der Waals surface area contributed by atoms with E-state index in [-0.39, 0.29) is 12.5 Å². The zero-order valence-corrected chi connectivity index (χ0v) is 16.5. The van der Waals surface area contributed by atoms with E-state index in [4.69, 9.17) is 9.47 Å². The van der Waals surface area contributed by atoms with Crippen molar-refractivity contribution in [3.05, 3.63) is 0 Å². The van der Waals surface area contributed by atoms with Gasteiger partial charge in [-0.3, -0.25) is 4.79 Å². The summed E-state index contributed by atoms with van der Waals surface area (Å²) in [7, 11) is 1.68. The minimum atomic E-state index is 0.0333. The lowest BCUT2D eigenvalue weighted by Crippen LogP contribution is -2.42. The average Bonchev–Trinajstić information content (AvgIpc) is 3.12. The topological polar surface area (TPSA) is 75.2 Å². The van der Waals surface area contributed by atoms with Gasteiger partial charge in [-0.2, -0.15) is 0 Å². The van der Waals surface area contributed by atoms with Crippen molar-refractivity contribution in [1.82, 2.24) is 15.5 Å². The summed E-state index contributed by atoms with van der Waals surface area (Å²) in [5.74, 6) is 1.38. The van der Waals surface area contributed by atoms with Crippen LogP contribution >= 0.6 is 0 Å². The predicted octanol–water partition coefficient (Wildman–Crippen LogP) is 1.39. The van der Waals surface area contributed by atoms with Gasteiger partial charge >= 0.3 is 0 Å². The summed E-state index contributed by atoms with van der Waals surface area (Å²) in [6.45, 7) is 6.95. The summed E-state index contributed by atoms with van der Waals surface area (Å²) < 4.78 is 10.7. The molecule has 1 saturated heterocycles. The third-order valence-corrected chi connectivity index (χ3v) is 5.05. The second kappa shape index (κ2) is 12.1. The van der Waals surface area contributed by atoms with Crippen LogP contribution in [0.5, 0.6) is 0 Å². The van der Waals surface area contributed by atoms with Gasteiger partial charge in [0.05, 0.1) is 19.8 Å². The van der Waals surface area contributed by atoms with E-state index in [0.717, 1.165) is 51.5 Å². The van der Waals surface area contributed by atoms with E-state index in [9.17, 15) is 4.79 Å². The molecule has 26 heavy (non-hydrogen) atoms. The number of guanidine groups is 1. The van der Waals surface area contributed by atoms with Gasteiger partial charge < -0.3 is 25.0 Å². The maximum Gasteiger partial charge on any atom is 0.242 e. The van der Waals surface area contributed by atoms with Crippen LogP contribution in [-0.2, 0) is 14.3 Å². The quantitative estimate of drug-likeness (QED) is 0.365. The van der Waals surface area contributed by atoms with Crippen molar-refractivity contribution in [2.45, 2.75) is 51.5 Å². The number of nitrogens with one attached hydrogen (secondary N) is 2. The van der Waals surface area contributed by atoms with E-state index in [2.05, 4.69) is 27.4 Å². The molecule has 1 saturated carbocycles.